The number of hydrogen-bond acceptors (Lipinski definition) is 1. The quantitative estimate of drug-likeness (QED) is 0.406. The molecule has 1 aromatic carbocycles. The van der Waals surface area contributed by atoms with Crippen LogP contribution in [0.15, 0.2) is 90.6 Å². The minimum atomic E-state index is 0.689. The lowest BCUT2D eigenvalue weighted by atomic mass is 10.1. The van der Waals surface area contributed by atoms with Crippen LogP contribution >= 0.6 is 0 Å². The first-order valence-electron chi connectivity index (χ1n) is 7.93. The van der Waals surface area contributed by atoms with Gasteiger partial charge in [0.2, 0.25) is 0 Å². The van der Waals surface area contributed by atoms with E-state index < -0.39 is 0 Å². The van der Waals surface area contributed by atoms with Crippen LogP contribution in [-0.2, 0) is 0 Å². The third-order valence-corrected chi connectivity index (χ3v) is 2.82. The molecule has 122 valence electrons. The number of benzene rings is 1. The Morgan fingerprint density at radius 1 is 1.09 bits per heavy atom. The Balaban J connectivity index is 0.00000149. The lowest BCUT2D eigenvalue weighted by Crippen LogP contribution is -1.91. The molecule has 0 saturated heterocycles. The summed E-state index contributed by atoms with van der Waals surface area (Å²) >= 11 is 0. The van der Waals surface area contributed by atoms with Crippen molar-refractivity contribution in [2.45, 2.75) is 34.1 Å². The molecule has 0 saturated carbocycles. The Hall–Kier alpha value is -2.41. The van der Waals surface area contributed by atoms with Crippen LogP contribution in [0, 0.1) is 0 Å². The van der Waals surface area contributed by atoms with Gasteiger partial charge in [0, 0.05) is 5.71 Å². The van der Waals surface area contributed by atoms with E-state index in [0.29, 0.717) is 5.70 Å². The highest BCUT2D eigenvalue weighted by molar-refractivity contribution is 5.99. The molecule has 0 aromatic heterocycles. The highest BCUT2D eigenvalue weighted by Crippen LogP contribution is 2.15. The fraction of sp³-hybridized carbons (Fsp3) is 0.227. The summed E-state index contributed by atoms with van der Waals surface area (Å²) in [6.07, 6.45) is 8.58. The van der Waals surface area contributed by atoms with Crippen molar-refractivity contribution in [3.05, 3.63) is 91.2 Å². The van der Waals surface area contributed by atoms with Crippen LogP contribution in [0.4, 0.5) is 0 Å². The van der Waals surface area contributed by atoms with Crippen LogP contribution in [0.1, 0.15) is 39.7 Å². The zero-order chi connectivity index (χ0) is 17.7. The van der Waals surface area contributed by atoms with Crippen LogP contribution < -0.4 is 0 Å². The van der Waals surface area contributed by atoms with E-state index in [1.807, 2.05) is 31.2 Å². The van der Waals surface area contributed by atoms with Gasteiger partial charge in [0.05, 0.1) is 5.70 Å². The monoisotopic (exact) mass is 307 g/mol. The molecule has 0 fully saturated rings. The molecule has 0 amide bonds. The first kappa shape index (κ1) is 20.6. The van der Waals surface area contributed by atoms with E-state index in [0.717, 1.165) is 11.3 Å². The van der Waals surface area contributed by atoms with Crippen LogP contribution in [0.5, 0.6) is 0 Å². The zero-order valence-electron chi connectivity index (χ0n) is 15.0. The van der Waals surface area contributed by atoms with E-state index in [1.54, 1.807) is 12.2 Å². The number of hydrogen-bond donors (Lipinski definition) is 0. The van der Waals surface area contributed by atoms with Crippen molar-refractivity contribution < 1.29 is 0 Å². The molecule has 0 heterocycles. The van der Waals surface area contributed by atoms with Crippen LogP contribution in [0.2, 0.25) is 0 Å². The molecule has 1 heteroatoms. The van der Waals surface area contributed by atoms with E-state index in [9.17, 15) is 0 Å². The summed E-state index contributed by atoms with van der Waals surface area (Å²) in [6, 6.07) is 10.2. The van der Waals surface area contributed by atoms with E-state index in [4.69, 9.17) is 0 Å². The van der Waals surface area contributed by atoms with Gasteiger partial charge in [0.1, 0.15) is 0 Å². The average molecular weight is 307 g/mol. The Morgan fingerprint density at radius 2 is 1.65 bits per heavy atom. The minimum absolute atomic E-state index is 0.689. The lowest BCUT2D eigenvalue weighted by molar-refractivity contribution is 1.09. The first-order chi connectivity index (χ1) is 11.0. The van der Waals surface area contributed by atoms with Gasteiger partial charge >= 0.3 is 0 Å². The molecule has 0 spiro atoms. The molecule has 0 radical (unpaired) electrons. The molecule has 0 unspecified atom stereocenters. The van der Waals surface area contributed by atoms with Crippen LogP contribution in [0.25, 0.3) is 5.57 Å². The maximum atomic E-state index is 4.49. The standard InChI is InChI=1S/C19H21N.C3H8/c1-6-11-18(7-2)17(5)20-16(4)14-15(3)19-12-9-8-10-13-19;1-3-2/h6-14H,1-2,5H2,3-4H3;3H2,1-2H3/b15-14+,18-11+,20-16?;. The van der Waals surface area contributed by atoms with Crippen molar-refractivity contribution in [3.8, 4) is 0 Å². The Bertz CT molecular complexity index is 598. The molecule has 0 N–H and O–H groups in total. The van der Waals surface area contributed by atoms with Gasteiger partial charge in [-0.15, -0.1) is 0 Å². The highest BCUT2D eigenvalue weighted by Gasteiger charge is 1.98. The SMILES string of the molecule is C=C/C=C(\C=C)C(=C)N=C(C)/C=C(\C)c1ccccc1.CCC. The van der Waals surface area contributed by atoms with Crippen LogP contribution in [0.3, 0.4) is 0 Å². The summed E-state index contributed by atoms with van der Waals surface area (Å²) in [5, 5.41) is 0. The van der Waals surface area contributed by atoms with Crippen molar-refractivity contribution in [2.75, 3.05) is 0 Å². The fourth-order valence-corrected chi connectivity index (χ4v) is 1.82. The van der Waals surface area contributed by atoms with Crippen LogP contribution in [-0.4, -0.2) is 5.71 Å². The summed E-state index contributed by atoms with van der Waals surface area (Å²) < 4.78 is 0. The van der Waals surface area contributed by atoms with E-state index in [2.05, 4.69) is 63.7 Å². The predicted octanol–water partition coefficient (Wildman–Crippen LogP) is 6.78. The second-order valence-corrected chi connectivity index (χ2v) is 5.16. The molecular formula is C22H29N. The number of aliphatic imine (C=N–C) groups is 1. The van der Waals surface area contributed by atoms with Gasteiger partial charge < -0.3 is 0 Å². The van der Waals surface area contributed by atoms with Crippen molar-refractivity contribution in [1.29, 1.82) is 0 Å². The molecule has 1 rings (SSSR count). The fourth-order valence-electron chi connectivity index (χ4n) is 1.82. The van der Waals surface area contributed by atoms with Gasteiger partial charge in [-0.1, -0.05) is 88.6 Å². The topological polar surface area (TPSA) is 12.4 Å². The Labute approximate surface area is 142 Å². The third-order valence-electron chi connectivity index (χ3n) is 2.82. The van der Waals surface area contributed by atoms with Gasteiger partial charge in [-0.3, -0.25) is 4.99 Å². The molecule has 0 atom stereocenters. The minimum Gasteiger partial charge on any atom is -0.254 e. The molecule has 1 nitrogen and oxygen atoms in total. The molecule has 0 aliphatic carbocycles. The smallest absolute Gasteiger partial charge is 0.0633 e. The number of nitrogens with zero attached hydrogens (tertiary/aromatic N) is 1. The summed E-state index contributed by atoms with van der Waals surface area (Å²) in [4.78, 5) is 4.49. The summed E-state index contributed by atoms with van der Waals surface area (Å²) in [7, 11) is 0. The average Bonchev–Trinajstić information content (AvgIpc) is 2.53. The second-order valence-electron chi connectivity index (χ2n) is 5.16. The molecule has 0 aliphatic heterocycles. The van der Waals surface area contributed by atoms with Gasteiger partial charge in [0.15, 0.2) is 0 Å². The summed E-state index contributed by atoms with van der Waals surface area (Å²) in [6.45, 7) is 19.7. The second kappa shape index (κ2) is 12.2. The number of allylic oxidation sites excluding steroid dienone is 5. The molecule has 1 aromatic rings. The zero-order valence-corrected chi connectivity index (χ0v) is 15.0. The molecule has 0 aliphatic rings. The third kappa shape index (κ3) is 8.57. The van der Waals surface area contributed by atoms with E-state index >= 15 is 0 Å². The van der Waals surface area contributed by atoms with Crippen molar-refractivity contribution in [1.82, 2.24) is 0 Å². The first-order valence-corrected chi connectivity index (χ1v) is 7.93. The lowest BCUT2D eigenvalue weighted by Gasteiger charge is -2.03. The predicted molar refractivity (Wildman–Crippen MR) is 107 cm³/mol. The van der Waals surface area contributed by atoms with Gasteiger partial charge in [0.25, 0.3) is 0 Å². The number of rotatable bonds is 6. The molecule has 0 bridgehead atoms. The summed E-state index contributed by atoms with van der Waals surface area (Å²) in [5.74, 6) is 0. The van der Waals surface area contributed by atoms with Crippen molar-refractivity contribution in [3.63, 3.8) is 0 Å². The largest absolute Gasteiger partial charge is 0.254 e. The maximum absolute atomic E-state index is 4.49. The highest BCUT2D eigenvalue weighted by atomic mass is 14.7. The van der Waals surface area contributed by atoms with Gasteiger partial charge in [-0.05, 0) is 36.6 Å². The van der Waals surface area contributed by atoms with Gasteiger partial charge in [-0.25, -0.2) is 0 Å². The molecule has 23 heavy (non-hydrogen) atoms. The van der Waals surface area contributed by atoms with E-state index in [-0.39, 0.29) is 0 Å². The molecular weight excluding hydrogens is 278 g/mol. The Morgan fingerprint density at radius 3 is 2.13 bits per heavy atom. The maximum Gasteiger partial charge on any atom is 0.0633 e. The van der Waals surface area contributed by atoms with Gasteiger partial charge in [-0.2, -0.15) is 0 Å². The van der Waals surface area contributed by atoms with Crippen molar-refractivity contribution in [2.24, 2.45) is 4.99 Å². The Kier molecular flexibility index (Phi) is 10.9. The van der Waals surface area contributed by atoms with E-state index in [1.165, 1.54) is 17.6 Å². The summed E-state index contributed by atoms with van der Waals surface area (Å²) in [5.41, 5.74) is 4.85. The normalized spacial score (nSPS) is 12.1. The van der Waals surface area contributed by atoms with Crippen molar-refractivity contribution >= 4 is 11.3 Å².